The zero-order chi connectivity index (χ0) is 17.7. The van der Waals surface area contributed by atoms with E-state index in [9.17, 15) is 18.6 Å². The van der Waals surface area contributed by atoms with Gasteiger partial charge in [0.25, 0.3) is 0 Å². The van der Waals surface area contributed by atoms with Gasteiger partial charge in [0.15, 0.2) is 0 Å². The van der Waals surface area contributed by atoms with E-state index < -0.39 is 69.7 Å². The van der Waals surface area contributed by atoms with Gasteiger partial charge in [-0.25, -0.2) is 13.7 Å². The molecule has 0 aromatic heterocycles. The van der Waals surface area contributed by atoms with Crippen LogP contribution in [-0.4, -0.2) is 82.8 Å². The molecule has 1 saturated heterocycles. The van der Waals surface area contributed by atoms with E-state index in [1.807, 2.05) is 0 Å². The van der Waals surface area contributed by atoms with E-state index in [2.05, 4.69) is 27.1 Å². The number of phosphoric acid groups is 3. The average molecular weight is 463 g/mol. The van der Waals surface area contributed by atoms with Crippen LogP contribution in [0.3, 0.4) is 0 Å². The SMILES string of the molecule is C[O][Al]([O]P(=O)(O)OC)[O]P(=O)(O)[O][Al]1[O][Al][O]P(=O)(OC)[O]1.O. The van der Waals surface area contributed by atoms with Gasteiger partial charge in [0, 0.05) is 21.3 Å². The van der Waals surface area contributed by atoms with Crippen LogP contribution in [0.2, 0.25) is 0 Å². The van der Waals surface area contributed by atoms with E-state index in [4.69, 9.17) is 11.3 Å². The molecule has 0 aliphatic carbocycles. The molecule has 21 heteroatoms. The smallest absolute Gasteiger partial charge is 0.572 e. The first-order valence-corrected chi connectivity index (χ1v) is 13.6. The van der Waals surface area contributed by atoms with E-state index in [0.717, 1.165) is 21.3 Å². The Morgan fingerprint density at radius 2 is 1.75 bits per heavy atom. The minimum atomic E-state index is -4.88. The van der Waals surface area contributed by atoms with Gasteiger partial charge in [-0.15, -0.1) is 0 Å². The summed E-state index contributed by atoms with van der Waals surface area (Å²) in [7, 11) is -10.4. The highest BCUT2D eigenvalue weighted by Crippen LogP contribution is 2.54. The molecule has 4 N–H and O–H groups in total. The zero-order valence-electron chi connectivity index (χ0n) is 12.4. The maximum atomic E-state index is 11.8. The van der Waals surface area contributed by atoms with Gasteiger partial charge >= 0.3 is 69.7 Å². The number of phosphoric ester groups is 1. The summed E-state index contributed by atoms with van der Waals surface area (Å²) in [4.78, 5) is 18.7. The summed E-state index contributed by atoms with van der Waals surface area (Å²) in [5.74, 6) is 0. The largest absolute Gasteiger partial charge is 0.922 e. The van der Waals surface area contributed by atoms with E-state index in [1.165, 1.54) is 0 Å². The predicted molar refractivity (Wildman–Crippen MR) is 75.7 cm³/mol. The van der Waals surface area contributed by atoms with E-state index in [-0.39, 0.29) is 5.48 Å². The van der Waals surface area contributed by atoms with Crippen LogP contribution in [0.1, 0.15) is 0 Å². The molecule has 1 heterocycles. The second-order valence-electron chi connectivity index (χ2n) is 3.32. The Hall–Kier alpha value is 1.81. The lowest BCUT2D eigenvalue weighted by Gasteiger charge is -2.26. The van der Waals surface area contributed by atoms with E-state index in [0.29, 0.717) is 0 Å². The van der Waals surface area contributed by atoms with E-state index >= 15 is 0 Å². The molecule has 24 heavy (non-hydrogen) atoms. The van der Waals surface area contributed by atoms with Crippen molar-refractivity contribution in [3.8, 4) is 0 Å². The summed E-state index contributed by atoms with van der Waals surface area (Å²) in [6.45, 7) is 0. The Labute approximate surface area is 153 Å². The second kappa shape index (κ2) is 11.0. The third-order valence-electron chi connectivity index (χ3n) is 1.86. The Kier molecular flexibility index (Phi) is 11.8. The normalized spacial score (nSPS) is 25.8. The molecule has 1 aliphatic heterocycles. The second-order valence-corrected chi connectivity index (χ2v) is 13.9. The Balaban J connectivity index is 0.00000529. The third kappa shape index (κ3) is 9.14. The maximum Gasteiger partial charge on any atom is 0.922 e. The van der Waals surface area contributed by atoms with Crippen molar-refractivity contribution < 1.29 is 62.5 Å². The summed E-state index contributed by atoms with van der Waals surface area (Å²) >= 11 is -8.28. The molecular formula is C3H13Al3O15P3. The highest BCUT2D eigenvalue weighted by Gasteiger charge is 2.53. The molecule has 1 radical (unpaired) electrons. The Bertz CT molecular complexity index is 517. The minimum Gasteiger partial charge on any atom is -0.572 e. The summed E-state index contributed by atoms with van der Waals surface area (Å²) < 4.78 is 75.6. The molecule has 0 aromatic carbocycles. The molecular weight excluding hydrogens is 450 g/mol. The topological polar surface area (TPSA) is 206 Å². The van der Waals surface area contributed by atoms with Crippen LogP contribution in [0.5, 0.6) is 0 Å². The zero-order valence-corrected chi connectivity index (χ0v) is 18.5. The molecule has 0 aromatic rings. The standard InChI is InChI=1S/2CH5O4P.CH3O.3Al.H3O4P.H2O.O/c2*1-5-6(2,3)4;1-2;;;;1-5(2,3)4;;/h2*1H3,(H2,2,3,4);1H3;;;;(H3,1,2,3,4);1H2;/q;;-1;+1;+2;+3;;;/p-5. The van der Waals surface area contributed by atoms with E-state index in [1.54, 1.807) is 0 Å². The fourth-order valence-corrected chi connectivity index (χ4v) is 11.1. The number of rotatable bonds is 9. The van der Waals surface area contributed by atoms with Gasteiger partial charge in [-0.2, -0.15) is 0 Å². The third-order valence-corrected chi connectivity index (χ3v) is 12.8. The number of hydrogen-bond donors (Lipinski definition) is 2. The highest BCUT2D eigenvalue weighted by atomic mass is 31.2. The van der Waals surface area contributed by atoms with Gasteiger partial charge < -0.3 is 39.8 Å². The van der Waals surface area contributed by atoms with Crippen molar-refractivity contribution in [2.45, 2.75) is 0 Å². The molecule has 1 rings (SSSR count). The lowest BCUT2D eigenvalue weighted by molar-refractivity contribution is 0.146. The quantitative estimate of drug-likeness (QED) is 0.312. The molecule has 3 atom stereocenters. The van der Waals surface area contributed by atoms with Crippen molar-refractivity contribution >= 4 is 69.7 Å². The maximum absolute atomic E-state index is 11.8. The van der Waals surface area contributed by atoms with Gasteiger partial charge in [-0.3, -0.25) is 9.05 Å². The molecule has 3 unspecified atom stereocenters. The summed E-state index contributed by atoms with van der Waals surface area (Å²) in [5.41, 5.74) is 0. The van der Waals surface area contributed by atoms with Crippen LogP contribution in [0, 0.1) is 0 Å². The summed E-state index contributed by atoms with van der Waals surface area (Å²) in [6, 6.07) is 0. The van der Waals surface area contributed by atoms with Crippen LogP contribution >= 0.6 is 23.5 Å². The van der Waals surface area contributed by atoms with Crippen LogP contribution < -0.4 is 0 Å². The van der Waals surface area contributed by atoms with Gasteiger partial charge in [-0.1, -0.05) is 0 Å². The summed E-state index contributed by atoms with van der Waals surface area (Å²) in [5, 5.41) is 0. The number of hydrogen-bond acceptors (Lipinski definition) is 12. The lowest BCUT2D eigenvalue weighted by Crippen LogP contribution is -2.34. The van der Waals surface area contributed by atoms with Crippen molar-refractivity contribution in [3.63, 3.8) is 0 Å². The molecule has 0 spiro atoms. The van der Waals surface area contributed by atoms with Gasteiger partial charge in [0.05, 0.1) is 0 Å². The van der Waals surface area contributed by atoms with Gasteiger partial charge in [0.1, 0.15) is 0 Å². The van der Waals surface area contributed by atoms with Crippen molar-refractivity contribution in [2.24, 2.45) is 0 Å². The first-order chi connectivity index (χ1) is 10.5. The highest BCUT2D eigenvalue weighted by molar-refractivity contribution is 7.53. The van der Waals surface area contributed by atoms with Crippen LogP contribution in [0.15, 0.2) is 0 Å². The molecule has 1 fully saturated rings. The Morgan fingerprint density at radius 3 is 2.25 bits per heavy atom. The molecule has 0 saturated carbocycles. The molecule has 0 amide bonds. The van der Waals surface area contributed by atoms with Gasteiger partial charge in [0.2, 0.25) is 0 Å². The van der Waals surface area contributed by atoms with Crippen molar-refractivity contribution in [3.05, 3.63) is 0 Å². The van der Waals surface area contributed by atoms with Crippen LogP contribution in [0.4, 0.5) is 0 Å². The average Bonchev–Trinajstić information content (AvgIpc) is 2.45. The molecule has 139 valence electrons. The van der Waals surface area contributed by atoms with Crippen molar-refractivity contribution in [1.29, 1.82) is 0 Å². The lowest BCUT2D eigenvalue weighted by atomic mass is 11.8. The summed E-state index contributed by atoms with van der Waals surface area (Å²) in [6.07, 6.45) is 0. The Morgan fingerprint density at radius 1 is 1.17 bits per heavy atom. The van der Waals surface area contributed by atoms with Crippen molar-refractivity contribution in [1.82, 2.24) is 0 Å². The monoisotopic (exact) mass is 463 g/mol. The van der Waals surface area contributed by atoms with Crippen LogP contribution in [-0.2, 0) is 47.2 Å². The molecule has 0 bridgehead atoms. The first-order valence-electron chi connectivity index (χ1n) is 5.34. The fraction of sp³-hybridized carbons (Fsp3) is 1.00. The fourth-order valence-electron chi connectivity index (χ4n) is 0.908. The first kappa shape index (κ1) is 25.8. The molecule has 1 aliphatic rings. The molecule has 15 nitrogen and oxygen atoms in total. The van der Waals surface area contributed by atoms with Gasteiger partial charge in [-0.05, 0) is 0 Å². The predicted octanol–water partition coefficient (Wildman–Crippen LogP) is -0.973. The van der Waals surface area contributed by atoms with Crippen LogP contribution in [0.25, 0.3) is 0 Å². The van der Waals surface area contributed by atoms with Crippen molar-refractivity contribution in [2.75, 3.05) is 21.3 Å². The minimum absolute atomic E-state index is 0.